The van der Waals surface area contributed by atoms with Gasteiger partial charge in [0.25, 0.3) is 0 Å². The van der Waals surface area contributed by atoms with E-state index >= 15 is 0 Å². The number of carbonyl (C=O) groups excluding carboxylic acids is 1. The van der Waals surface area contributed by atoms with Crippen LogP contribution in [-0.2, 0) is 4.79 Å². The summed E-state index contributed by atoms with van der Waals surface area (Å²) >= 11 is 0. The van der Waals surface area contributed by atoms with Crippen molar-refractivity contribution in [1.82, 2.24) is 0 Å². The lowest BCUT2D eigenvalue weighted by molar-refractivity contribution is -0.114. The molecule has 0 radical (unpaired) electrons. The van der Waals surface area contributed by atoms with Crippen LogP contribution in [0, 0.1) is 10.8 Å². The van der Waals surface area contributed by atoms with Crippen LogP contribution in [0.25, 0.3) is 0 Å². The maximum Gasteiger partial charge on any atom is 0.146 e. The fourth-order valence-electron chi connectivity index (χ4n) is 2.22. The highest BCUT2D eigenvalue weighted by Gasteiger charge is 2.68. The van der Waals surface area contributed by atoms with E-state index in [1.54, 1.807) is 0 Å². The van der Waals surface area contributed by atoms with E-state index in [9.17, 15) is 4.79 Å². The molecule has 0 aromatic heterocycles. The molecule has 0 unspecified atom stereocenters. The molecule has 1 fully saturated rings. The summed E-state index contributed by atoms with van der Waals surface area (Å²) in [6.45, 7) is 8.33. The second kappa shape index (κ2) is 1.84. The molecule has 0 aromatic rings. The van der Waals surface area contributed by atoms with Gasteiger partial charge in [-0.05, 0) is 12.8 Å². The lowest BCUT2D eigenvalue weighted by atomic mass is 9.91. The van der Waals surface area contributed by atoms with Gasteiger partial charge < -0.3 is 0 Å². The van der Waals surface area contributed by atoms with Gasteiger partial charge in [0.2, 0.25) is 0 Å². The summed E-state index contributed by atoms with van der Waals surface area (Å²) < 4.78 is 0. The quantitative estimate of drug-likeness (QED) is 0.575. The van der Waals surface area contributed by atoms with Crippen LogP contribution < -0.4 is 0 Å². The van der Waals surface area contributed by atoms with E-state index in [2.05, 4.69) is 27.7 Å². The van der Waals surface area contributed by atoms with E-state index in [1.165, 1.54) is 0 Å². The van der Waals surface area contributed by atoms with Crippen LogP contribution in [0.1, 0.15) is 40.5 Å². The second-order valence-electron chi connectivity index (χ2n) is 3.74. The molecule has 0 heterocycles. The predicted molar refractivity (Wildman–Crippen MR) is 41.8 cm³/mol. The zero-order valence-corrected chi connectivity index (χ0v) is 7.32. The Hall–Kier alpha value is -0.330. The van der Waals surface area contributed by atoms with E-state index in [4.69, 9.17) is 0 Å². The maximum absolute atomic E-state index is 11.3. The molecule has 1 nitrogen and oxygen atoms in total. The van der Waals surface area contributed by atoms with Gasteiger partial charge in [0.1, 0.15) is 5.78 Å². The standard InChI is InChI=1S/C9H16O/c1-5-9(6-2)7(10)8(9,3)4/h5-6H2,1-4H3. The van der Waals surface area contributed by atoms with Crippen LogP contribution in [0.2, 0.25) is 0 Å². The van der Waals surface area contributed by atoms with Gasteiger partial charge in [-0.1, -0.05) is 27.7 Å². The van der Waals surface area contributed by atoms with Gasteiger partial charge >= 0.3 is 0 Å². The number of ketones is 1. The molecule has 0 amide bonds. The zero-order chi connectivity index (χ0) is 7.99. The van der Waals surface area contributed by atoms with Crippen molar-refractivity contribution < 1.29 is 4.79 Å². The van der Waals surface area contributed by atoms with Crippen LogP contribution in [0.3, 0.4) is 0 Å². The average Bonchev–Trinajstić information content (AvgIpc) is 2.31. The number of hydrogen-bond acceptors (Lipinski definition) is 1. The Kier molecular flexibility index (Phi) is 1.43. The van der Waals surface area contributed by atoms with E-state index < -0.39 is 0 Å². The average molecular weight is 140 g/mol. The Morgan fingerprint density at radius 2 is 1.50 bits per heavy atom. The Bertz CT molecular complexity index is 164. The summed E-state index contributed by atoms with van der Waals surface area (Å²) in [4.78, 5) is 11.3. The molecule has 0 saturated heterocycles. The highest BCUT2D eigenvalue weighted by molar-refractivity contribution is 6.07. The van der Waals surface area contributed by atoms with Gasteiger partial charge in [-0.15, -0.1) is 0 Å². The van der Waals surface area contributed by atoms with Crippen LogP contribution in [0.5, 0.6) is 0 Å². The van der Waals surface area contributed by atoms with Crippen LogP contribution in [0.15, 0.2) is 0 Å². The molecule has 0 aromatic carbocycles. The van der Waals surface area contributed by atoms with Crippen LogP contribution >= 0.6 is 0 Å². The zero-order valence-electron chi connectivity index (χ0n) is 7.32. The lowest BCUT2D eigenvalue weighted by Gasteiger charge is -2.10. The Morgan fingerprint density at radius 1 is 1.20 bits per heavy atom. The Balaban J connectivity index is 2.84. The van der Waals surface area contributed by atoms with Gasteiger partial charge in [0.15, 0.2) is 0 Å². The number of rotatable bonds is 2. The van der Waals surface area contributed by atoms with Crippen molar-refractivity contribution in [2.45, 2.75) is 40.5 Å². The predicted octanol–water partition coefficient (Wildman–Crippen LogP) is 2.40. The normalized spacial score (nSPS) is 26.6. The molecule has 0 aliphatic heterocycles. The summed E-state index contributed by atoms with van der Waals surface area (Å²) in [7, 11) is 0. The molecule has 1 heteroatoms. The Labute approximate surface area is 62.8 Å². The highest BCUT2D eigenvalue weighted by Crippen LogP contribution is 2.63. The third kappa shape index (κ3) is 0.561. The topological polar surface area (TPSA) is 17.1 Å². The molecule has 1 aliphatic carbocycles. The first-order chi connectivity index (χ1) is 4.53. The van der Waals surface area contributed by atoms with E-state index in [1.807, 2.05) is 0 Å². The fourth-order valence-corrected chi connectivity index (χ4v) is 2.22. The molecule has 1 rings (SSSR count). The minimum absolute atomic E-state index is 0.0174. The molecule has 0 spiro atoms. The Morgan fingerprint density at radius 3 is 1.50 bits per heavy atom. The third-order valence-corrected chi connectivity index (χ3v) is 3.34. The van der Waals surface area contributed by atoms with Crippen molar-refractivity contribution in [2.24, 2.45) is 10.8 Å². The molecule has 1 saturated carbocycles. The first-order valence-electron chi connectivity index (χ1n) is 4.08. The first kappa shape index (κ1) is 7.77. The van der Waals surface area contributed by atoms with Gasteiger partial charge in [-0.2, -0.15) is 0 Å². The molecule has 0 atom stereocenters. The van der Waals surface area contributed by atoms with Gasteiger partial charge in [-0.25, -0.2) is 0 Å². The minimum atomic E-state index is -0.0174. The van der Waals surface area contributed by atoms with E-state index in [-0.39, 0.29) is 10.8 Å². The van der Waals surface area contributed by atoms with Crippen molar-refractivity contribution in [3.05, 3.63) is 0 Å². The molecular weight excluding hydrogens is 124 g/mol. The SMILES string of the molecule is CCC1(CC)C(=O)C1(C)C. The lowest BCUT2D eigenvalue weighted by Crippen LogP contribution is -2.05. The molecule has 0 N–H and O–H groups in total. The van der Waals surface area contributed by atoms with Crippen molar-refractivity contribution in [1.29, 1.82) is 0 Å². The molecule has 0 bridgehead atoms. The molecule has 1 aliphatic rings. The van der Waals surface area contributed by atoms with Crippen molar-refractivity contribution in [3.8, 4) is 0 Å². The van der Waals surface area contributed by atoms with Crippen molar-refractivity contribution in [2.75, 3.05) is 0 Å². The molecular formula is C9H16O. The van der Waals surface area contributed by atoms with Gasteiger partial charge in [0.05, 0.1) is 0 Å². The first-order valence-corrected chi connectivity index (χ1v) is 4.08. The summed E-state index contributed by atoms with van der Waals surface area (Å²) in [6, 6.07) is 0. The van der Waals surface area contributed by atoms with Gasteiger partial charge in [0, 0.05) is 10.8 Å². The summed E-state index contributed by atoms with van der Waals surface area (Å²) in [6.07, 6.45) is 2.02. The van der Waals surface area contributed by atoms with E-state index in [0.717, 1.165) is 12.8 Å². The third-order valence-electron chi connectivity index (χ3n) is 3.34. The number of Topliss-reactive ketones (excluding diaryl/α,β-unsaturated/α-hetero) is 1. The molecule has 10 heavy (non-hydrogen) atoms. The second-order valence-corrected chi connectivity index (χ2v) is 3.74. The summed E-state index contributed by atoms with van der Waals surface area (Å²) in [5, 5.41) is 0. The highest BCUT2D eigenvalue weighted by atomic mass is 16.1. The maximum atomic E-state index is 11.3. The fraction of sp³-hybridized carbons (Fsp3) is 0.889. The van der Waals surface area contributed by atoms with Crippen molar-refractivity contribution in [3.63, 3.8) is 0 Å². The summed E-state index contributed by atoms with van der Waals surface area (Å²) in [5.74, 6) is 0.463. The largest absolute Gasteiger partial charge is 0.298 e. The number of hydrogen-bond donors (Lipinski definition) is 0. The minimum Gasteiger partial charge on any atom is -0.298 e. The molecule has 58 valence electrons. The van der Waals surface area contributed by atoms with Crippen molar-refractivity contribution >= 4 is 5.78 Å². The van der Waals surface area contributed by atoms with Crippen LogP contribution in [-0.4, -0.2) is 5.78 Å². The van der Waals surface area contributed by atoms with Crippen LogP contribution in [0.4, 0.5) is 0 Å². The summed E-state index contributed by atoms with van der Waals surface area (Å²) in [5.41, 5.74) is 0.0313. The number of carbonyl (C=O) groups is 1. The van der Waals surface area contributed by atoms with E-state index in [0.29, 0.717) is 5.78 Å². The monoisotopic (exact) mass is 140 g/mol. The van der Waals surface area contributed by atoms with Gasteiger partial charge in [-0.3, -0.25) is 4.79 Å². The smallest absolute Gasteiger partial charge is 0.146 e.